The van der Waals surface area contributed by atoms with Crippen LogP contribution in [0.25, 0.3) is 21.0 Å². The molecule has 1 unspecified atom stereocenters. The van der Waals surface area contributed by atoms with Gasteiger partial charge >= 0.3 is 0 Å². The van der Waals surface area contributed by atoms with Crippen LogP contribution < -0.4 is 10.9 Å². The molecular weight excluding hydrogens is 398 g/mol. The van der Waals surface area contributed by atoms with E-state index in [2.05, 4.69) is 24.2 Å². The zero-order valence-electron chi connectivity index (χ0n) is 17.9. The first-order chi connectivity index (χ1) is 14.5. The van der Waals surface area contributed by atoms with E-state index < -0.39 is 0 Å². The number of ether oxygens (including phenoxy) is 1. The number of carbonyl (C=O) groups is 1. The summed E-state index contributed by atoms with van der Waals surface area (Å²) >= 11 is 1.41. The van der Waals surface area contributed by atoms with Crippen LogP contribution in [-0.2, 0) is 17.9 Å². The number of benzene rings is 1. The standard InChI is InChI=1S/C23H29N3O3S/c1-4-5-11-26-18-9-7-6-8-16(18)20-19(23(26)28)17(14-29-3)21(30-20)22(27)24-15-10-12-25(2)13-15/h6-9,15H,4-5,10-14H2,1-3H3,(H,24,27). The van der Waals surface area contributed by atoms with Crippen molar-refractivity contribution in [2.75, 3.05) is 27.2 Å². The van der Waals surface area contributed by atoms with Crippen molar-refractivity contribution in [2.24, 2.45) is 0 Å². The fourth-order valence-electron chi connectivity index (χ4n) is 4.33. The molecule has 1 aromatic carbocycles. The van der Waals surface area contributed by atoms with Crippen molar-refractivity contribution in [1.82, 2.24) is 14.8 Å². The zero-order chi connectivity index (χ0) is 21.3. The molecule has 0 radical (unpaired) electrons. The fourth-order valence-corrected chi connectivity index (χ4v) is 5.57. The quantitative estimate of drug-likeness (QED) is 0.626. The lowest BCUT2D eigenvalue weighted by molar-refractivity contribution is 0.0938. The zero-order valence-corrected chi connectivity index (χ0v) is 18.7. The predicted molar refractivity (Wildman–Crippen MR) is 123 cm³/mol. The number of likely N-dealkylation sites (N-methyl/N-ethyl adjacent to an activating group) is 1. The maximum atomic E-state index is 13.5. The van der Waals surface area contributed by atoms with Gasteiger partial charge in [0.2, 0.25) is 0 Å². The van der Waals surface area contributed by atoms with Gasteiger partial charge in [0.15, 0.2) is 0 Å². The number of nitrogens with one attached hydrogen (secondary N) is 1. The van der Waals surface area contributed by atoms with Crippen LogP contribution in [0.15, 0.2) is 29.1 Å². The molecule has 30 heavy (non-hydrogen) atoms. The van der Waals surface area contributed by atoms with Crippen molar-refractivity contribution in [1.29, 1.82) is 0 Å². The molecule has 0 bridgehead atoms. The molecule has 1 N–H and O–H groups in total. The van der Waals surface area contributed by atoms with E-state index in [0.717, 1.165) is 48.0 Å². The third kappa shape index (κ3) is 3.77. The fraction of sp³-hybridized carbons (Fsp3) is 0.478. The Labute approximate surface area is 180 Å². The minimum absolute atomic E-state index is 0.0277. The van der Waals surface area contributed by atoms with E-state index >= 15 is 0 Å². The summed E-state index contributed by atoms with van der Waals surface area (Å²) < 4.78 is 8.17. The van der Waals surface area contributed by atoms with E-state index in [4.69, 9.17) is 4.74 Å². The predicted octanol–water partition coefficient (Wildman–Crippen LogP) is 3.60. The third-order valence-corrected chi connectivity index (χ3v) is 7.13. The van der Waals surface area contributed by atoms with Crippen molar-refractivity contribution in [2.45, 2.75) is 45.4 Å². The number of hydrogen-bond donors (Lipinski definition) is 1. The highest BCUT2D eigenvalue weighted by molar-refractivity contribution is 7.22. The number of nitrogens with zero attached hydrogens (tertiary/aromatic N) is 2. The van der Waals surface area contributed by atoms with Gasteiger partial charge in [-0.15, -0.1) is 11.3 Å². The number of aromatic nitrogens is 1. The van der Waals surface area contributed by atoms with Crippen LogP contribution in [0.3, 0.4) is 0 Å². The molecule has 1 atom stereocenters. The summed E-state index contributed by atoms with van der Waals surface area (Å²) in [4.78, 5) is 29.5. The monoisotopic (exact) mass is 427 g/mol. The normalized spacial score (nSPS) is 17.2. The number of methoxy groups -OCH3 is 1. The summed E-state index contributed by atoms with van der Waals surface area (Å²) in [6.07, 6.45) is 2.89. The molecule has 3 aromatic rings. The van der Waals surface area contributed by atoms with Crippen molar-refractivity contribution in [3.8, 4) is 0 Å². The summed E-state index contributed by atoms with van der Waals surface area (Å²) in [6, 6.07) is 8.13. The molecule has 4 rings (SSSR count). The Morgan fingerprint density at radius 3 is 2.83 bits per heavy atom. The van der Waals surface area contributed by atoms with Crippen LogP contribution in [0.1, 0.15) is 41.4 Å². The number of amides is 1. The van der Waals surface area contributed by atoms with Gasteiger partial charge in [0.25, 0.3) is 11.5 Å². The van der Waals surface area contributed by atoms with E-state index in [9.17, 15) is 9.59 Å². The van der Waals surface area contributed by atoms with E-state index in [1.807, 2.05) is 28.8 Å². The van der Waals surface area contributed by atoms with Crippen molar-refractivity contribution >= 4 is 38.2 Å². The highest BCUT2D eigenvalue weighted by Crippen LogP contribution is 2.35. The summed E-state index contributed by atoms with van der Waals surface area (Å²) in [7, 11) is 3.67. The van der Waals surface area contributed by atoms with Gasteiger partial charge in [-0.2, -0.15) is 0 Å². The van der Waals surface area contributed by atoms with Crippen molar-refractivity contribution in [3.05, 3.63) is 45.1 Å². The highest BCUT2D eigenvalue weighted by atomic mass is 32.1. The minimum Gasteiger partial charge on any atom is -0.380 e. The first kappa shape index (κ1) is 21.0. The minimum atomic E-state index is -0.105. The summed E-state index contributed by atoms with van der Waals surface area (Å²) in [6.45, 7) is 4.87. The molecule has 1 aliphatic heterocycles. The SMILES string of the molecule is CCCCn1c(=O)c2c(COC)c(C(=O)NC3CCN(C)C3)sc2c2ccccc21. The van der Waals surface area contributed by atoms with Crippen LogP contribution >= 0.6 is 11.3 Å². The van der Waals surface area contributed by atoms with E-state index in [-0.39, 0.29) is 24.1 Å². The maximum absolute atomic E-state index is 13.5. The van der Waals surface area contributed by atoms with Crippen molar-refractivity contribution < 1.29 is 9.53 Å². The number of likely N-dealkylation sites (tertiary alicyclic amines) is 1. The second-order valence-corrected chi connectivity index (χ2v) is 9.12. The van der Waals surface area contributed by atoms with E-state index in [1.54, 1.807) is 7.11 Å². The Balaban J connectivity index is 1.89. The van der Waals surface area contributed by atoms with Gasteiger partial charge < -0.3 is 19.5 Å². The third-order valence-electron chi connectivity index (χ3n) is 5.86. The molecule has 0 saturated carbocycles. The topological polar surface area (TPSA) is 63.6 Å². The molecule has 3 heterocycles. The number of hydrogen-bond acceptors (Lipinski definition) is 5. The van der Waals surface area contributed by atoms with Gasteiger partial charge in [-0.05, 0) is 32.5 Å². The number of thiophene rings is 1. The lowest BCUT2D eigenvalue weighted by Crippen LogP contribution is -2.36. The molecule has 1 saturated heterocycles. The van der Waals surface area contributed by atoms with Gasteiger partial charge in [0.1, 0.15) is 0 Å². The Bertz CT molecular complexity index is 1130. The second-order valence-electron chi connectivity index (χ2n) is 8.10. The molecule has 7 heteroatoms. The molecule has 6 nitrogen and oxygen atoms in total. The molecule has 1 aliphatic rings. The average Bonchev–Trinajstić information content (AvgIpc) is 3.32. The van der Waals surface area contributed by atoms with Gasteiger partial charge in [-0.1, -0.05) is 31.5 Å². The Morgan fingerprint density at radius 2 is 2.13 bits per heavy atom. The van der Waals surface area contributed by atoms with E-state index in [1.165, 1.54) is 11.3 Å². The number of rotatable bonds is 7. The number of fused-ring (bicyclic) bond motifs is 3. The van der Waals surface area contributed by atoms with Crippen LogP contribution in [0.4, 0.5) is 0 Å². The highest BCUT2D eigenvalue weighted by Gasteiger charge is 2.27. The molecule has 0 spiro atoms. The van der Waals surface area contributed by atoms with E-state index in [0.29, 0.717) is 22.4 Å². The first-order valence-corrected chi connectivity index (χ1v) is 11.4. The number of pyridine rings is 1. The van der Waals surface area contributed by atoms with Crippen LogP contribution in [0, 0.1) is 0 Å². The Morgan fingerprint density at radius 1 is 1.33 bits per heavy atom. The molecular formula is C23H29N3O3S. The number of carbonyl (C=O) groups excluding carboxylic acids is 1. The van der Waals surface area contributed by atoms with Crippen LogP contribution in [0.2, 0.25) is 0 Å². The molecule has 0 aliphatic carbocycles. The second kappa shape index (κ2) is 8.88. The molecule has 1 fully saturated rings. The molecule has 2 aromatic heterocycles. The van der Waals surface area contributed by atoms with Crippen LogP contribution in [-0.4, -0.2) is 48.7 Å². The van der Waals surface area contributed by atoms with Gasteiger partial charge in [0.05, 0.1) is 27.1 Å². The van der Waals surface area contributed by atoms with Gasteiger partial charge in [-0.3, -0.25) is 9.59 Å². The summed E-state index contributed by atoms with van der Waals surface area (Å²) in [5.74, 6) is -0.105. The first-order valence-electron chi connectivity index (χ1n) is 10.6. The summed E-state index contributed by atoms with van der Waals surface area (Å²) in [5, 5.41) is 4.82. The lowest BCUT2D eigenvalue weighted by Gasteiger charge is -2.13. The average molecular weight is 428 g/mol. The Kier molecular flexibility index (Phi) is 6.22. The van der Waals surface area contributed by atoms with Crippen LogP contribution in [0.5, 0.6) is 0 Å². The number of unbranched alkanes of at least 4 members (excludes halogenated alkanes) is 1. The Hall–Kier alpha value is -2.22. The number of aryl methyl sites for hydroxylation is 1. The number of para-hydroxylation sites is 1. The van der Waals surface area contributed by atoms with Crippen molar-refractivity contribution in [3.63, 3.8) is 0 Å². The molecule has 160 valence electrons. The largest absolute Gasteiger partial charge is 0.380 e. The molecule has 1 amide bonds. The smallest absolute Gasteiger partial charge is 0.262 e. The summed E-state index contributed by atoms with van der Waals surface area (Å²) in [5.41, 5.74) is 1.61. The maximum Gasteiger partial charge on any atom is 0.262 e. The van der Waals surface area contributed by atoms with Gasteiger partial charge in [0, 0.05) is 37.2 Å². The lowest BCUT2D eigenvalue weighted by atomic mass is 10.1. The van der Waals surface area contributed by atoms with Gasteiger partial charge in [-0.25, -0.2) is 0 Å².